The summed E-state index contributed by atoms with van der Waals surface area (Å²) < 4.78 is 20.7. The normalized spacial score (nSPS) is 16.6. The van der Waals surface area contributed by atoms with Gasteiger partial charge in [0.1, 0.15) is 22.8 Å². The van der Waals surface area contributed by atoms with Gasteiger partial charge in [-0.25, -0.2) is 24.1 Å². The third-order valence-electron chi connectivity index (χ3n) is 5.30. The summed E-state index contributed by atoms with van der Waals surface area (Å²) in [5.41, 5.74) is 0.550. The molecule has 1 aliphatic heterocycles. The van der Waals surface area contributed by atoms with E-state index in [1.165, 1.54) is 18.5 Å². The van der Waals surface area contributed by atoms with Gasteiger partial charge < -0.3 is 15.0 Å². The third kappa shape index (κ3) is 5.24. The predicted octanol–water partition coefficient (Wildman–Crippen LogP) is 4.39. The minimum absolute atomic E-state index is 0.0681. The van der Waals surface area contributed by atoms with E-state index in [4.69, 9.17) is 4.74 Å². The Bertz CT molecular complexity index is 1170. The van der Waals surface area contributed by atoms with Gasteiger partial charge >= 0.3 is 6.09 Å². The van der Waals surface area contributed by atoms with Crippen LogP contribution in [0.5, 0.6) is 0 Å². The van der Waals surface area contributed by atoms with Crippen molar-refractivity contribution >= 4 is 23.2 Å². The minimum Gasteiger partial charge on any atom is -0.444 e. The van der Waals surface area contributed by atoms with Crippen molar-refractivity contribution in [1.82, 2.24) is 24.3 Å². The molecule has 4 rings (SSSR count). The van der Waals surface area contributed by atoms with Gasteiger partial charge in [0.05, 0.1) is 12.4 Å². The van der Waals surface area contributed by atoms with Crippen LogP contribution < -0.4 is 5.32 Å². The number of piperidine rings is 1. The van der Waals surface area contributed by atoms with Crippen molar-refractivity contribution in [3.8, 4) is 11.5 Å². The lowest BCUT2D eigenvalue weighted by molar-refractivity contribution is 0.0172. The molecule has 1 fully saturated rings. The van der Waals surface area contributed by atoms with E-state index < -0.39 is 11.4 Å². The summed E-state index contributed by atoms with van der Waals surface area (Å²) in [4.78, 5) is 38.3. The van der Waals surface area contributed by atoms with Crippen molar-refractivity contribution in [2.45, 2.75) is 39.2 Å². The average molecular weight is 455 g/mol. The van der Waals surface area contributed by atoms with Gasteiger partial charge in [-0.1, -0.05) is 0 Å². The Morgan fingerprint density at radius 3 is 2.88 bits per heavy atom. The van der Waals surface area contributed by atoms with E-state index in [0.717, 1.165) is 12.8 Å². The number of rotatable bonds is 5. The number of carbonyl (C=O) groups is 1. The standard InChI is InChI=1S/C22H26FN7O3/c1-22(2,3)33-21(31)29-8-4-5-14(12-29)9-25-19-16(28-32)10-26-20(27-19)17-11-24-18-7-6-15(23)13-30(17)18/h6-7,10-11,13-14H,4-5,8-9,12H2,1-3H3,(H,25,26,27)/t14-/m0/s1. The summed E-state index contributed by atoms with van der Waals surface area (Å²) in [5, 5.41) is 6.19. The smallest absolute Gasteiger partial charge is 0.410 e. The molecular formula is C22H26FN7O3. The molecule has 1 saturated heterocycles. The van der Waals surface area contributed by atoms with E-state index in [2.05, 4.69) is 25.4 Å². The van der Waals surface area contributed by atoms with Crippen LogP contribution in [-0.4, -0.2) is 55.6 Å². The second-order valence-electron chi connectivity index (χ2n) is 9.05. The summed E-state index contributed by atoms with van der Waals surface area (Å²) in [6.07, 6.45) is 5.61. The molecule has 0 radical (unpaired) electrons. The van der Waals surface area contributed by atoms with Crippen molar-refractivity contribution in [3.63, 3.8) is 0 Å². The molecule has 3 aromatic rings. The lowest BCUT2D eigenvalue weighted by Gasteiger charge is -2.34. The molecule has 33 heavy (non-hydrogen) atoms. The van der Waals surface area contributed by atoms with Crippen LogP contribution in [0.4, 0.5) is 20.7 Å². The van der Waals surface area contributed by atoms with Crippen LogP contribution in [0.25, 0.3) is 17.2 Å². The van der Waals surface area contributed by atoms with Gasteiger partial charge in [0.15, 0.2) is 17.3 Å². The molecular weight excluding hydrogens is 429 g/mol. The highest BCUT2D eigenvalue weighted by molar-refractivity contribution is 5.68. The molecule has 11 heteroatoms. The molecule has 0 aliphatic carbocycles. The van der Waals surface area contributed by atoms with Crippen molar-refractivity contribution in [1.29, 1.82) is 0 Å². The van der Waals surface area contributed by atoms with Gasteiger partial charge in [-0.15, -0.1) is 4.91 Å². The Morgan fingerprint density at radius 2 is 2.12 bits per heavy atom. The van der Waals surface area contributed by atoms with Crippen LogP contribution in [0, 0.1) is 16.6 Å². The Balaban J connectivity index is 1.49. The molecule has 0 saturated carbocycles. The molecule has 0 spiro atoms. The predicted molar refractivity (Wildman–Crippen MR) is 121 cm³/mol. The van der Waals surface area contributed by atoms with Crippen molar-refractivity contribution in [2.24, 2.45) is 11.1 Å². The van der Waals surface area contributed by atoms with Gasteiger partial charge in [-0.2, -0.15) is 0 Å². The molecule has 1 N–H and O–H groups in total. The average Bonchev–Trinajstić information content (AvgIpc) is 3.19. The SMILES string of the molecule is CC(C)(C)OC(=O)N1CCC[C@@H](CNc2nc(-c3cnc4ccc(F)cn34)ncc2N=O)C1. The van der Waals surface area contributed by atoms with E-state index in [1.807, 2.05) is 20.8 Å². The monoisotopic (exact) mass is 455 g/mol. The summed E-state index contributed by atoms with van der Waals surface area (Å²) in [6, 6.07) is 2.88. The highest BCUT2D eigenvalue weighted by Crippen LogP contribution is 2.27. The van der Waals surface area contributed by atoms with Gasteiger partial charge in [0, 0.05) is 25.8 Å². The number of halogens is 1. The number of likely N-dealkylation sites (tertiary alicyclic amines) is 1. The molecule has 1 amide bonds. The number of pyridine rings is 1. The van der Waals surface area contributed by atoms with Crippen LogP contribution in [0.2, 0.25) is 0 Å². The molecule has 4 heterocycles. The second-order valence-corrected chi connectivity index (χ2v) is 9.05. The summed E-state index contributed by atoms with van der Waals surface area (Å²) in [6.45, 7) is 7.19. The zero-order chi connectivity index (χ0) is 23.6. The Morgan fingerprint density at radius 1 is 1.30 bits per heavy atom. The van der Waals surface area contributed by atoms with Crippen molar-refractivity contribution < 1.29 is 13.9 Å². The van der Waals surface area contributed by atoms with Gasteiger partial charge in [-0.05, 0) is 56.8 Å². The highest BCUT2D eigenvalue weighted by Gasteiger charge is 2.28. The fourth-order valence-corrected chi connectivity index (χ4v) is 3.78. The maximum atomic E-state index is 13.7. The number of carbonyl (C=O) groups excluding carboxylic acids is 1. The number of hydrogen-bond acceptors (Lipinski definition) is 8. The fourth-order valence-electron chi connectivity index (χ4n) is 3.78. The Hall–Kier alpha value is -3.63. The Kier molecular flexibility index (Phi) is 6.21. The first-order valence-corrected chi connectivity index (χ1v) is 10.8. The highest BCUT2D eigenvalue weighted by atomic mass is 19.1. The minimum atomic E-state index is -0.551. The van der Waals surface area contributed by atoms with E-state index >= 15 is 0 Å². The van der Waals surface area contributed by atoms with Gasteiger partial charge in [0.25, 0.3) is 0 Å². The van der Waals surface area contributed by atoms with Crippen molar-refractivity contribution in [2.75, 3.05) is 25.0 Å². The van der Waals surface area contributed by atoms with E-state index in [9.17, 15) is 14.1 Å². The molecule has 1 aliphatic rings. The zero-order valence-electron chi connectivity index (χ0n) is 18.8. The Labute approximate surface area is 190 Å². The summed E-state index contributed by atoms with van der Waals surface area (Å²) in [5.74, 6) is 0.282. The number of amides is 1. The lowest BCUT2D eigenvalue weighted by atomic mass is 9.98. The number of nitrogens with zero attached hydrogens (tertiary/aromatic N) is 6. The first-order chi connectivity index (χ1) is 15.7. The molecule has 1 atom stereocenters. The number of imidazole rings is 1. The molecule has 0 aromatic carbocycles. The van der Waals surface area contributed by atoms with E-state index in [-0.39, 0.29) is 29.3 Å². The van der Waals surface area contributed by atoms with E-state index in [1.54, 1.807) is 21.6 Å². The number of anilines is 1. The maximum Gasteiger partial charge on any atom is 0.410 e. The summed E-state index contributed by atoms with van der Waals surface area (Å²) in [7, 11) is 0. The lowest BCUT2D eigenvalue weighted by Crippen LogP contribution is -2.44. The van der Waals surface area contributed by atoms with Crippen LogP contribution in [-0.2, 0) is 4.74 Å². The molecule has 174 valence electrons. The number of hydrogen-bond donors (Lipinski definition) is 1. The first kappa shape index (κ1) is 22.6. The van der Waals surface area contributed by atoms with Crippen LogP contribution in [0.1, 0.15) is 33.6 Å². The van der Waals surface area contributed by atoms with Gasteiger partial charge in [-0.3, -0.25) is 4.40 Å². The number of ether oxygens (including phenoxy) is 1. The van der Waals surface area contributed by atoms with Crippen LogP contribution in [0.15, 0.2) is 35.9 Å². The fraction of sp³-hybridized carbons (Fsp3) is 0.455. The molecule has 10 nitrogen and oxygen atoms in total. The van der Waals surface area contributed by atoms with Crippen LogP contribution in [0.3, 0.4) is 0 Å². The molecule has 0 bridgehead atoms. The molecule has 0 unspecified atom stereocenters. The maximum absolute atomic E-state index is 13.7. The second kappa shape index (κ2) is 9.08. The number of nitrogens with one attached hydrogen (secondary N) is 1. The first-order valence-electron chi connectivity index (χ1n) is 10.8. The molecule has 3 aromatic heterocycles. The largest absolute Gasteiger partial charge is 0.444 e. The summed E-state index contributed by atoms with van der Waals surface area (Å²) >= 11 is 0. The topological polar surface area (TPSA) is 114 Å². The number of nitroso groups, excluding NO2 is 1. The van der Waals surface area contributed by atoms with Crippen LogP contribution >= 0.6 is 0 Å². The zero-order valence-corrected chi connectivity index (χ0v) is 18.8. The van der Waals surface area contributed by atoms with Gasteiger partial charge in [0.2, 0.25) is 0 Å². The third-order valence-corrected chi connectivity index (χ3v) is 5.30. The van der Waals surface area contributed by atoms with Crippen molar-refractivity contribution in [3.05, 3.63) is 41.4 Å². The van der Waals surface area contributed by atoms with E-state index in [0.29, 0.717) is 31.0 Å². The number of aromatic nitrogens is 4. The number of fused-ring (bicyclic) bond motifs is 1. The quantitative estimate of drug-likeness (QED) is 0.568.